The Bertz CT molecular complexity index is 638. The molecule has 0 aliphatic carbocycles. The topological polar surface area (TPSA) is 112 Å². The molecule has 0 radical (unpaired) electrons. The first-order valence-corrected chi connectivity index (χ1v) is 5.69. The standard InChI is InChI=1S/C12H14N4O4/c1-19-9-3-4-14-8(11(9)20-2)6-16-5-7(13)10(15-16)12(17)18/h3-5H,6,13H2,1-2H3,(H,17,18). The molecule has 8 heteroatoms. The highest BCUT2D eigenvalue weighted by molar-refractivity contribution is 5.91. The molecule has 0 fully saturated rings. The molecule has 20 heavy (non-hydrogen) atoms. The van der Waals surface area contributed by atoms with E-state index in [1.165, 1.54) is 25.1 Å². The molecular formula is C12H14N4O4. The first-order valence-electron chi connectivity index (χ1n) is 5.69. The zero-order valence-corrected chi connectivity index (χ0v) is 11.0. The maximum absolute atomic E-state index is 10.9. The molecule has 8 nitrogen and oxygen atoms in total. The van der Waals surface area contributed by atoms with Crippen LogP contribution in [-0.2, 0) is 6.54 Å². The minimum absolute atomic E-state index is 0.0966. The van der Waals surface area contributed by atoms with Crippen molar-refractivity contribution in [3.05, 3.63) is 29.8 Å². The Balaban J connectivity index is 2.35. The Hall–Kier alpha value is -2.77. The lowest BCUT2D eigenvalue weighted by molar-refractivity contribution is 0.0690. The van der Waals surface area contributed by atoms with Crippen LogP contribution in [0.5, 0.6) is 11.5 Å². The van der Waals surface area contributed by atoms with Crippen LogP contribution in [0.15, 0.2) is 18.5 Å². The summed E-state index contributed by atoms with van der Waals surface area (Å²) in [5, 5.41) is 12.8. The second-order valence-electron chi connectivity index (χ2n) is 3.93. The number of nitrogens with two attached hydrogens (primary N) is 1. The van der Waals surface area contributed by atoms with Gasteiger partial charge in [-0.1, -0.05) is 0 Å². The van der Waals surface area contributed by atoms with Crippen molar-refractivity contribution in [1.82, 2.24) is 14.8 Å². The molecular weight excluding hydrogens is 264 g/mol. The first-order chi connectivity index (χ1) is 9.56. The van der Waals surface area contributed by atoms with Crippen molar-refractivity contribution < 1.29 is 19.4 Å². The van der Waals surface area contributed by atoms with Crippen molar-refractivity contribution in [3.63, 3.8) is 0 Å². The Morgan fingerprint density at radius 1 is 1.45 bits per heavy atom. The van der Waals surface area contributed by atoms with Crippen LogP contribution in [0.4, 0.5) is 5.69 Å². The molecule has 0 atom stereocenters. The molecule has 3 N–H and O–H groups in total. The number of pyridine rings is 1. The zero-order chi connectivity index (χ0) is 14.7. The number of carboxylic acid groups (broad SMARTS) is 1. The summed E-state index contributed by atoms with van der Waals surface area (Å²) >= 11 is 0. The fourth-order valence-electron chi connectivity index (χ4n) is 1.80. The number of nitrogen functional groups attached to an aromatic ring is 1. The van der Waals surface area contributed by atoms with E-state index in [1.807, 2.05) is 0 Å². The summed E-state index contributed by atoms with van der Waals surface area (Å²) in [6.45, 7) is 0.220. The summed E-state index contributed by atoms with van der Waals surface area (Å²) in [7, 11) is 3.03. The van der Waals surface area contributed by atoms with Crippen LogP contribution in [-0.4, -0.2) is 40.1 Å². The van der Waals surface area contributed by atoms with Crippen molar-refractivity contribution in [2.75, 3.05) is 20.0 Å². The molecule has 0 amide bonds. The second-order valence-corrected chi connectivity index (χ2v) is 3.93. The van der Waals surface area contributed by atoms with Crippen LogP contribution in [0.3, 0.4) is 0 Å². The fourth-order valence-corrected chi connectivity index (χ4v) is 1.80. The minimum Gasteiger partial charge on any atom is -0.493 e. The maximum atomic E-state index is 10.9. The summed E-state index contributed by atoms with van der Waals surface area (Å²) in [6.07, 6.45) is 3.01. The highest BCUT2D eigenvalue weighted by Gasteiger charge is 2.16. The van der Waals surface area contributed by atoms with Gasteiger partial charge in [-0.3, -0.25) is 9.67 Å². The molecule has 2 heterocycles. The van der Waals surface area contributed by atoms with Crippen molar-refractivity contribution in [2.45, 2.75) is 6.54 Å². The highest BCUT2D eigenvalue weighted by atomic mass is 16.5. The molecule has 2 rings (SSSR count). The Labute approximate surface area is 114 Å². The summed E-state index contributed by atoms with van der Waals surface area (Å²) in [6, 6.07) is 1.67. The van der Waals surface area contributed by atoms with E-state index in [4.69, 9.17) is 20.3 Å². The van der Waals surface area contributed by atoms with E-state index in [-0.39, 0.29) is 17.9 Å². The van der Waals surface area contributed by atoms with Crippen molar-refractivity contribution in [1.29, 1.82) is 0 Å². The summed E-state index contributed by atoms with van der Waals surface area (Å²) in [4.78, 5) is 15.1. The third kappa shape index (κ3) is 2.48. The predicted octanol–water partition coefficient (Wildman–Crippen LogP) is 0.624. The second kappa shape index (κ2) is 5.47. The van der Waals surface area contributed by atoms with Crippen LogP contribution < -0.4 is 15.2 Å². The Morgan fingerprint density at radius 2 is 2.20 bits per heavy atom. The summed E-state index contributed by atoms with van der Waals surface area (Å²) in [5.74, 6) is -0.163. The number of ether oxygens (including phenoxy) is 2. The number of carboxylic acids is 1. The van der Waals surface area contributed by atoms with Crippen LogP contribution in [0.1, 0.15) is 16.2 Å². The smallest absolute Gasteiger partial charge is 0.358 e. The van der Waals surface area contributed by atoms with E-state index in [9.17, 15) is 4.79 Å². The summed E-state index contributed by atoms with van der Waals surface area (Å²) < 4.78 is 11.8. The number of hydrogen-bond acceptors (Lipinski definition) is 6. The van der Waals surface area contributed by atoms with Crippen LogP contribution in [0.2, 0.25) is 0 Å². The van der Waals surface area contributed by atoms with Gasteiger partial charge in [0.15, 0.2) is 17.2 Å². The number of nitrogens with zero attached hydrogens (tertiary/aromatic N) is 3. The quantitative estimate of drug-likeness (QED) is 0.824. The van der Waals surface area contributed by atoms with Gasteiger partial charge in [0.25, 0.3) is 0 Å². The SMILES string of the molecule is COc1ccnc(Cn2cc(N)c(C(=O)O)n2)c1OC. The van der Waals surface area contributed by atoms with Crippen molar-refractivity contribution in [3.8, 4) is 11.5 Å². The number of carbonyl (C=O) groups is 1. The maximum Gasteiger partial charge on any atom is 0.358 e. The molecule has 2 aromatic heterocycles. The van der Waals surface area contributed by atoms with Gasteiger partial charge in [-0.15, -0.1) is 0 Å². The van der Waals surface area contributed by atoms with E-state index in [2.05, 4.69) is 10.1 Å². The van der Waals surface area contributed by atoms with Gasteiger partial charge in [-0.25, -0.2) is 4.79 Å². The van der Waals surface area contributed by atoms with Crippen LogP contribution in [0, 0.1) is 0 Å². The average Bonchev–Trinajstić information content (AvgIpc) is 2.79. The molecule has 106 valence electrons. The molecule has 0 saturated carbocycles. The van der Waals surface area contributed by atoms with Gasteiger partial charge in [0, 0.05) is 18.5 Å². The number of aromatic nitrogens is 3. The van der Waals surface area contributed by atoms with E-state index in [0.717, 1.165) is 0 Å². The van der Waals surface area contributed by atoms with Gasteiger partial charge in [0.2, 0.25) is 0 Å². The predicted molar refractivity (Wildman–Crippen MR) is 70.0 cm³/mol. The van der Waals surface area contributed by atoms with Gasteiger partial charge in [-0.2, -0.15) is 5.10 Å². The lowest BCUT2D eigenvalue weighted by Crippen LogP contribution is -2.07. The first kappa shape index (κ1) is 13.7. The van der Waals surface area contributed by atoms with Crippen molar-refractivity contribution >= 4 is 11.7 Å². The molecule has 0 aliphatic rings. The zero-order valence-electron chi connectivity index (χ0n) is 11.0. The fraction of sp³-hybridized carbons (Fsp3) is 0.250. The average molecular weight is 278 g/mol. The van der Waals surface area contributed by atoms with Gasteiger partial charge in [-0.05, 0) is 0 Å². The molecule has 0 spiro atoms. The number of rotatable bonds is 5. The minimum atomic E-state index is -1.17. The van der Waals surface area contributed by atoms with Crippen LogP contribution >= 0.6 is 0 Å². The van der Waals surface area contributed by atoms with E-state index in [0.29, 0.717) is 17.2 Å². The molecule has 0 saturated heterocycles. The van der Waals surface area contributed by atoms with Gasteiger partial charge >= 0.3 is 5.97 Å². The number of aromatic carboxylic acids is 1. The molecule has 2 aromatic rings. The number of anilines is 1. The Morgan fingerprint density at radius 3 is 2.75 bits per heavy atom. The Kier molecular flexibility index (Phi) is 3.74. The molecule has 0 unspecified atom stereocenters. The summed E-state index contributed by atoms with van der Waals surface area (Å²) in [5.41, 5.74) is 6.05. The van der Waals surface area contributed by atoms with Gasteiger partial charge in [0.05, 0.1) is 26.5 Å². The van der Waals surface area contributed by atoms with Gasteiger partial charge in [0.1, 0.15) is 5.69 Å². The third-order valence-corrected chi connectivity index (χ3v) is 2.67. The van der Waals surface area contributed by atoms with Crippen LogP contribution in [0.25, 0.3) is 0 Å². The lowest BCUT2D eigenvalue weighted by Gasteiger charge is -2.11. The monoisotopic (exact) mass is 278 g/mol. The third-order valence-electron chi connectivity index (χ3n) is 2.67. The van der Waals surface area contributed by atoms with Gasteiger partial charge < -0.3 is 20.3 Å². The number of hydrogen-bond donors (Lipinski definition) is 2. The normalized spacial score (nSPS) is 10.3. The van der Waals surface area contributed by atoms with E-state index in [1.54, 1.807) is 12.3 Å². The molecule has 0 bridgehead atoms. The molecule has 0 aliphatic heterocycles. The van der Waals surface area contributed by atoms with E-state index < -0.39 is 5.97 Å². The molecule has 0 aromatic carbocycles. The largest absolute Gasteiger partial charge is 0.493 e. The van der Waals surface area contributed by atoms with E-state index >= 15 is 0 Å². The van der Waals surface area contributed by atoms with Crippen molar-refractivity contribution in [2.24, 2.45) is 0 Å². The highest BCUT2D eigenvalue weighted by Crippen LogP contribution is 2.29. The number of methoxy groups -OCH3 is 2. The lowest BCUT2D eigenvalue weighted by atomic mass is 10.3.